The van der Waals surface area contributed by atoms with Crippen LogP contribution < -0.4 is 5.32 Å². The number of carbonyl (C=O) groups is 2. The van der Waals surface area contributed by atoms with Crippen molar-refractivity contribution in [1.29, 1.82) is 0 Å². The van der Waals surface area contributed by atoms with Crippen molar-refractivity contribution < 1.29 is 14.3 Å². The molecule has 0 fully saturated rings. The van der Waals surface area contributed by atoms with Crippen molar-refractivity contribution in [2.24, 2.45) is 0 Å². The summed E-state index contributed by atoms with van der Waals surface area (Å²) in [6.07, 6.45) is 0. The SMILES string of the molecule is COC(=O)CNC(=O)c1cc(Cl)nc(C(C)C)c1. The highest BCUT2D eigenvalue weighted by atomic mass is 35.5. The largest absolute Gasteiger partial charge is 0.468 e. The topological polar surface area (TPSA) is 68.3 Å². The number of amides is 1. The number of aromatic nitrogens is 1. The van der Waals surface area contributed by atoms with Crippen LogP contribution in [0.25, 0.3) is 0 Å². The molecule has 0 saturated heterocycles. The van der Waals surface area contributed by atoms with Crippen LogP contribution >= 0.6 is 11.6 Å². The van der Waals surface area contributed by atoms with Crippen LogP contribution in [-0.2, 0) is 9.53 Å². The molecule has 98 valence electrons. The second-order valence-corrected chi connectivity index (χ2v) is 4.40. The van der Waals surface area contributed by atoms with E-state index in [4.69, 9.17) is 11.6 Å². The van der Waals surface area contributed by atoms with E-state index < -0.39 is 5.97 Å². The summed E-state index contributed by atoms with van der Waals surface area (Å²) < 4.78 is 4.43. The Labute approximate surface area is 110 Å². The zero-order valence-electron chi connectivity index (χ0n) is 10.5. The molecule has 0 unspecified atom stereocenters. The summed E-state index contributed by atoms with van der Waals surface area (Å²) in [5, 5.41) is 2.70. The predicted octanol–water partition coefficient (Wildman–Crippen LogP) is 1.76. The number of carbonyl (C=O) groups excluding carboxylic acids is 2. The Morgan fingerprint density at radius 1 is 1.44 bits per heavy atom. The molecule has 1 amide bonds. The number of methoxy groups -OCH3 is 1. The maximum atomic E-state index is 11.8. The van der Waals surface area contributed by atoms with Crippen LogP contribution in [-0.4, -0.2) is 30.5 Å². The first kappa shape index (κ1) is 14.4. The van der Waals surface area contributed by atoms with Gasteiger partial charge in [-0.25, -0.2) is 4.98 Å². The Morgan fingerprint density at radius 3 is 2.67 bits per heavy atom. The number of pyridine rings is 1. The highest BCUT2D eigenvalue weighted by molar-refractivity contribution is 6.29. The Balaban J connectivity index is 2.82. The van der Waals surface area contributed by atoms with E-state index in [9.17, 15) is 9.59 Å². The van der Waals surface area contributed by atoms with E-state index in [0.29, 0.717) is 5.56 Å². The highest BCUT2D eigenvalue weighted by Gasteiger charge is 2.12. The molecule has 1 aromatic heterocycles. The van der Waals surface area contributed by atoms with Gasteiger partial charge in [0.25, 0.3) is 5.91 Å². The van der Waals surface area contributed by atoms with Crippen LogP contribution in [0.5, 0.6) is 0 Å². The Kier molecular flexibility index (Phi) is 5.09. The van der Waals surface area contributed by atoms with Gasteiger partial charge in [0.15, 0.2) is 0 Å². The van der Waals surface area contributed by atoms with E-state index in [2.05, 4.69) is 15.0 Å². The predicted molar refractivity (Wildman–Crippen MR) is 67.7 cm³/mol. The van der Waals surface area contributed by atoms with Crippen molar-refractivity contribution in [2.45, 2.75) is 19.8 Å². The van der Waals surface area contributed by atoms with Gasteiger partial charge in [0, 0.05) is 11.3 Å². The molecule has 0 radical (unpaired) electrons. The van der Waals surface area contributed by atoms with Gasteiger partial charge in [-0.1, -0.05) is 25.4 Å². The second-order valence-electron chi connectivity index (χ2n) is 4.02. The number of hydrogen-bond acceptors (Lipinski definition) is 4. The first-order chi connectivity index (χ1) is 8.43. The Hall–Kier alpha value is -1.62. The Morgan fingerprint density at radius 2 is 2.11 bits per heavy atom. The summed E-state index contributed by atoms with van der Waals surface area (Å²) in [7, 11) is 1.26. The monoisotopic (exact) mass is 270 g/mol. The van der Waals surface area contributed by atoms with Crippen LogP contribution in [0.2, 0.25) is 5.15 Å². The first-order valence-electron chi connectivity index (χ1n) is 5.46. The van der Waals surface area contributed by atoms with Crippen molar-refractivity contribution in [3.63, 3.8) is 0 Å². The van der Waals surface area contributed by atoms with E-state index in [1.165, 1.54) is 13.2 Å². The first-order valence-corrected chi connectivity index (χ1v) is 5.84. The zero-order chi connectivity index (χ0) is 13.7. The molecule has 5 nitrogen and oxygen atoms in total. The van der Waals surface area contributed by atoms with Crippen molar-refractivity contribution >= 4 is 23.5 Å². The minimum atomic E-state index is -0.507. The van der Waals surface area contributed by atoms with Crippen molar-refractivity contribution in [3.05, 3.63) is 28.5 Å². The lowest BCUT2D eigenvalue weighted by Crippen LogP contribution is -2.30. The number of rotatable bonds is 4. The second kappa shape index (κ2) is 6.35. The lowest BCUT2D eigenvalue weighted by Gasteiger charge is -2.08. The lowest BCUT2D eigenvalue weighted by molar-refractivity contribution is -0.139. The summed E-state index contributed by atoms with van der Waals surface area (Å²) >= 11 is 5.85. The summed E-state index contributed by atoms with van der Waals surface area (Å²) in [5.74, 6) is -0.727. The highest BCUT2D eigenvalue weighted by Crippen LogP contribution is 2.17. The summed E-state index contributed by atoms with van der Waals surface area (Å²) in [6.45, 7) is 3.73. The van der Waals surface area contributed by atoms with Crippen LogP contribution in [0.4, 0.5) is 0 Å². The standard InChI is InChI=1S/C12H15ClN2O3/c1-7(2)9-4-8(5-10(13)15-9)12(17)14-6-11(16)18-3/h4-5,7H,6H2,1-3H3,(H,14,17). The number of nitrogens with zero attached hydrogens (tertiary/aromatic N) is 1. The number of esters is 1. The average molecular weight is 271 g/mol. The van der Waals surface area contributed by atoms with Crippen LogP contribution in [0.3, 0.4) is 0 Å². The molecule has 18 heavy (non-hydrogen) atoms. The van der Waals surface area contributed by atoms with E-state index in [1.807, 2.05) is 13.8 Å². The molecule has 0 bridgehead atoms. The molecule has 1 N–H and O–H groups in total. The minimum Gasteiger partial charge on any atom is -0.468 e. The molecular formula is C12H15ClN2O3. The molecule has 1 aromatic rings. The Bertz CT molecular complexity index is 461. The smallest absolute Gasteiger partial charge is 0.325 e. The molecular weight excluding hydrogens is 256 g/mol. The fraction of sp³-hybridized carbons (Fsp3) is 0.417. The van der Waals surface area contributed by atoms with Gasteiger partial charge < -0.3 is 10.1 Å². The van der Waals surface area contributed by atoms with Gasteiger partial charge in [0.1, 0.15) is 11.7 Å². The number of nitrogens with one attached hydrogen (secondary N) is 1. The fourth-order valence-corrected chi connectivity index (χ4v) is 1.49. The number of hydrogen-bond donors (Lipinski definition) is 1. The van der Waals surface area contributed by atoms with Crippen molar-refractivity contribution in [3.8, 4) is 0 Å². The van der Waals surface area contributed by atoms with E-state index >= 15 is 0 Å². The minimum absolute atomic E-state index is 0.163. The molecule has 0 aliphatic carbocycles. The van der Waals surface area contributed by atoms with Crippen LogP contribution in [0.15, 0.2) is 12.1 Å². The van der Waals surface area contributed by atoms with Gasteiger partial charge in [0.2, 0.25) is 0 Å². The molecule has 1 heterocycles. The van der Waals surface area contributed by atoms with Crippen LogP contribution in [0.1, 0.15) is 35.8 Å². The van der Waals surface area contributed by atoms with Gasteiger partial charge in [-0.3, -0.25) is 9.59 Å². The molecule has 6 heteroatoms. The molecule has 0 aliphatic heterocycles. The van der Waals surface area contributed by atoms with Gasteiger partial charge in [-0.2, -0.15) is 0 Å². The fourth-order valence-electron chi connectivity index (χ4n) is 1.27. The zero-order valence-corrected chi connectivity index (χ0v) is 11.2. The normalized spacial score (nSPS) is 10.3. The maximum absolute atomic E-state index is 11.8. The summed E-state index contributed by atoms with van der Waals surface area (Å²) in [5.41, 5.74) is 1.10. The number of halogens is 1. The van der Waals surface area contributed by atoms with E-state index in [-0.39, 0.29) is 23.5 Å². The summed E-state index contributed by atoms with van der Waals surface area (Å²) in [6, 6.07) is 3.11. The average Bonchev–Trinajstić information content (AvgIpc) is 2.34. The molecule has 0 atom stereocenters. The third-order valence-electron chi connectivity index (χ3n) is 2.29. The van der Waals surface area contributed by atoms with Gasteiger partial charge >= 0.3 is 5.97 Å². The molecule has 0 aliphatic rings. The van der Waals surface area contributed by atoms with Gasteiger partial charge in [-0.05, 0) is 18.1 Å². The van der Waals surface area contributed by atoms with E-state index in [1.54, 1.807) is 6.07 Å². The lowest BCUT2D eigenvalue weighted by atomic mass is 10.1. The maximum Gasteiger partial charge on any atom is 0.325 e. The van der Waals surface area contributed by atoms with Gasteiger partial charge in [-0.15, -0.1) is 0 Å². The third-order valence-corrected chi connectivity index (χ3v) is 2.48. The summed E-state index contributed by atoms with van der Waals surface area (Å²) in [4.78, 5) is 26.8. The number of ether oxygens (including phenoxy) is 1. The quantitative estimate of drug-likeness (QED) is 0.669. The van der Waals surface area contributed by atoms with Gasteiger partial charge in [0.05, 0.1) is 7.11 Å². The third kappa shape index (κ3) is 4.00. The molecule has 1 rings (SSSR count). The molecule has 0 spiro atoms. The van der Waals surface area contributed by atoms with E-state index in [0.717, 1.165) is 5.69 Å². The molecule has 0 aromatic carbocycles. The molecule has 0 saturated carbocycles. The van der Waals surface area contributed by atoms with Crippen molar-refractivity contribution in [1.82, 2.24) is 10.3 Å². The van der Waals surface area contributed by atoms with Crippen molar-refractivity contribution in [2.75, 3.05) is 13.7 Å². The van der Waals surface area contributed by atoms with Crippen LogP contribution in [0, 0.1) is 0 Å².